The van der Waals surface area contributed by atoms with E-state index in [1.54, 1.807) is 11.3 Å². The number of nitrogens with one attached hydrogen (secondary N) is 2. The molecule has 100 valence electrons. The number of carbonyl (C=O) groups excluding carboxylic acids is 1. The van der Waals surface area contributed by atoms with Crippen molar-refractivity contribution < 1.29 is 4.79 Å². The lowest BCUT2D eigenvalue weighted by atomic mass is 10.0. The minimum atomic E-state index is 0.0684. The number of nitrogens with zero attached hydrogens (tertiary/aromatic N) is 1. The summed E-state index contributed by atoms with van der Waals surface area (Å²) in [6.45, 7) is 4.98. The van der Waals surface area contributed by atoms with Crippen LogP contribution in [0.25, 0.3) is 10.2 Å². The number of thiazole rings is 1. The van der Waals surface area contributed by atoms with Crippen LogP contribution in [0.1, 0.15) is 18.4 Å². The molecule has 19 heavy (non-hydrogen) atoms. The molecule has 2 aromatic rings. The number of rotatable bonds is 2. The van der Waals surface area contributed by atoms with Crippen LogP contribution in [0, 0.1) is 12.8 Å². The van der Waals surface area contributed by atoms with Crippen molar-refractivity contribution in [3.05, 3.63) is 23.2 Å². The Morgan fingerprint density at radius 3 is 3.11 bits per heavy atom. The van der Waals surface area contributed by atoms with Gasteiger partial charge in [-0.3, -0.25) is 4.79 Å². The Balaban J connectivity index is 1.79. The van der Waals surface area contributed by atoms with Gasteiger partial charge < -0.3 is 10.6 Å². The Kier molecular flexibility index (Phi) is 3.24. The first kappa shape index (κ1) is 12.6. The van der Waals surface area contributed by atoms with Crippen LogP contribution in [-0.2, 0) is 4.79 Å². The van der Waals surface area contributed by atoms with Gasteiger partial charge in [0.1, 0.15) is 0 Å². The normalized spacial score (nSPS) is 22.8. The number of carbonyl (C=O) groups is 1. The molecule has 4 nitrogen and oxygen atoms in total. The summed E-state index contributed by atoms with van der Waals surface area (Å²) in [5.74, 6) is 0.178. The molecule has 3 rings (SSSR count). The maximum Gasteiger partial charge on any atom is 0.229 e. The molecular weight excluding hydrogens is 258 g/mol. The van der Waals surface area contributed by atoms with Gasteiger partial charge >= 0.3 is 0 Å². The average molecular weight is 275 g/mol. The highest BCUT2D eigenvalue weighted by Gasteiger charge is 2.29. The van der Waals surface area contributed by atoms with Crippen molar-refractivity contribution in [2.45, 2.75) is 26.3 Å². The van der Waals surface area contributed by atoms with E-state index in [1.165, 1.54) is 0 Å². The van der Waals surface area contributed by atoms with E-state index in [9.17, 15) is 4.79 Å². The summed E-state index contributed by atoms with van der Waals surface area (Å²) in [5, 5.41) is 7.36. The van der Waals surface area contributed by atoms with Gasteiger partial charge in [-0.1, -0.05) is 0 Å². The smallest absolute Gasteiger partial charge is 0.229 e. The molecule has 1 fully saturated rings. The zero-order chi connectivity index (χ0) is 13.4. The third kappa shape index (κ3) is 2.48. The topological polar surface area (TPSA) is 54.0 Å². The molecule has 0 spiro atoms. The molecule has 5 heteroatoms. The second kappa shape index (κ2) is 4.90. The number of aromatic nitrogens is 1. The van der Waals surface area contributed by atoms with Crippen LogP contribution in [0.15, 0.2) is 18.2 Å². The fourth-order valence-corrected chi connectivity index (χ4v) is 3.44. The average Bonchev–Trinajstić information content (AvgIpc) is 2.93. The summed E-state index contributed by atoms with van der Waals surface area (Å²) < 4.78 is 1.12. The minimum Gasteiger partial charge on any atom is -0.326 e. The van der Waals surface area contributed by atoms with Gasteiger partial charge in [0.15, 0.2) is 0 Å². The predicted molar refractivity (Wildman–Crippen MR) is 78.6 cm³/mol. The molecular formula is C14H17N3OS. The summed E-state index contributed by atoms with van der Waals surface area (Å²) in [5.41, 5.74) is 1.86. The van der Waals surface area contributed by atoms with Gasteiger partial charge in [0.2, 0.25) is 5.91 Å². The van der Waals surface area contributed by atoms with E-state index in [-0.39, 0.29) is 17.9 Å². The van der Waals surface area contributed by atoms with E-state index in [0.717, 1.165) is 33.9 Å². The third-order valence-corrected chi connectivity index (χ3v) is 4.56. The van der Waals surface area contributed by atoms with E-state index in [2.05, 4.69) is 22.5 Å². The fraction of sp³-hybridized carbons (Fsp3) is 0.429. The van der Waals surface area contributed by atoms with Gasteiger partial charge in [0, 0.05) is 11.7 Å². The second-order valence-corrected chi connectivity index (χ2v) is 6.28. The number of fused-ring (bicyclic) bond motifs is 1. The van der Waals surface area contributed by atoms with Crippen LogP contribution < -0.4 is 10.6 Å². The molecule has 0 aliphatic carbocycles. The van der Waals surface area contributed by atoms with Crippen LogP contribution in [0.3, 0.4) is 0 Å². The van der Waals surface area contributed by atoms with E-state index in [1.807, 2.05) is 25.1 Å². The lowest BCUT2D eigenvalue weighted by Gasteiger charge is -2.14. The zero-order valence-electron chi connectivity index (χ0n) is 11.1. The molecule has 2 N–H and O–H groups in total. The van der Waals surface area contributed by atoms with Crippen LogP contribution in [0.4, 0.5) is 5.69 Å². The van der Waals surface area contributed by atoms with Gasteiger partial charge in [-0.05, 0) is 45.0 Å². The van der Waals surface area contributed by atoms with Gasteiger partial charge in [-0.2, -0.15) is 0 Å². The summed E-state index contributed by atoms with van der Waals surface area (Å²) in [7, 11) is 0. The number of anilines is 1. The first-order valence-electron chi connectivity index (χ1n) is 6.55. The summed E-state index contributed by atoms with van der Waals surface area (Å²) >= 11 is 1.65. The molecule has 1 aliphatic rings. The largest absolute Gasteiger partial charge is 0.326 e. The van der Waals surface area contributed by atoms with E-state index < -0.39 is 0 Å². The van der Waals surface area contributed by atoms with Crippen molar-refractivity contribution in [1.29, 1.82) is 0 Å². The Bertz CT molecular complexity index is 622. The molecule has 1 aromatic heterocycles. The van der Waals surface area contributed by atoms with Crippen molar-refractivity contribution in [3.63, 3.8) is 0 Å². The minimum absolute atomic E-state index is 0.0684. The van der Waals surface area contributed by atoms with E-state index in [0.29, 0.717) is 0 Å². The van der Waals surface area contributed by atoms with Crippen LogP contribution in [-0.4, -0.2) is 23.5 Å². The molecule has 0 bridgehead atoms. The maximum absolute atomic E-state index is 12.2. The predicted octanol–water partition coefficient (Wildman–Crippen LogP) is 2.54. The number of hydrogen-bond acceptors (Lipinski definition) is 4. The number of aryl methyl sites for hydroxylation is 1. The van der Waals surface area contributed by atoms with Gasteiger partial charge in [0.25, 0.3) is 0 Å². The molecule has 0 saturated carbocycles. The maximum atomic E-state index is 12.2. The quantitative estimate of drug-likeness (QED) is 0.885. The third-order valence-electron chi connectivity index (χ3n) is 3.62. The zero-order valence-corrected chi connectivity index (χ0v) is 11.9. The SMILES string of the molecule is Cc1nc2ccc(NC(=O)C3CCNC3C)cc2s1. The van der Waals surface area contributed by atoms with Crippen molar-refractivity contribution >= 4 is 33.1 Å². The van der Waals surface area contributed by atoms with Gasteiger partial charge in [0.05, 0.1) is 21.1 Å². The van der Waals surface area contributed by atoms with Crippen molar-refractivity contribution in [1.82, 2.24) is 10.3 Å². The van der Waals surface area contributed by atoms with Gasteiger partial charge in [-0.15, -0.1) is 11.3 Å². The first-order chi connectivity index (χ1) is 9.13. The number of hydrogen-bond donors (Lipinski definition) is 2. The Morgan fingerprint density at radius 2 is 2.37 bits per heavy atom. The standard InChI is InChI=1S/C14H17N3OS/c1-8-11(5-6-15-8)14(18)17-10-3-4-12-13(7-10)19-9(2)16-12/h3-4,7-8,11,15H,5-6H2,1-2H3,(H,17,18). The molecule has 2 unspecified atom stereocenters. The Hall–Kier alpha value is -1.46. The summed E-state index contributed by atoms with van der Waals surface area (Å²) in [6, 6.07) is 6.15. The highest BCUT2D eigenvalue weighted by Crippen LogP contribution is 2.25. The number of amides is 1. The molecule has 1 aromatic carbocycles. The first-order valence-corrected chi connectivity index (χ1v) is 7.36. The van der Waals surface area contributed by atoms with Crippen LogP contribution in [0.5, 0.6) is 0 Å². The van der Waals surface area contributed by atoms with Crippen molar-refractivity contribution in [2.24, 2.45) is 5.92 Å². The Labute approximate surface area is 116 Å². The van der Waals surface area contributed by atoms with Crippen LogP contribution in [0.2, 0.25) is 0 Å². The summed E-state index contributed by atoms with van der Waals surface area (Å²) in [6.07, 6.45) is 0.912. The van der Waals surface area contributed by atoms with E-state index >= 15 is 0 Å². The van der Waals surface area contributed by atoms with E-state index in [4.69, 9.17) is 0 Å². The molecule has 1 saturated heterocycles. The summed E-state index contributed by atoms with van der Waals surface area (Å²) in [4.78, 5) is 16.6. The molecule has 1 amide bonds. The van der Waals surface area contributed by atoms with Crippen LogP contribution >= 0.6 is 11.3 Å². The monoisotopic (exact) mass is 275 g/mol. The molecule has 2 atom stereocenters. The highest BCUT2D eigenvalue weighted by atomic mass is 32.1. The highest BCUT2D eigenvalue weighted by molar-refractivity contribution is 7.18. The van der Waals surface area contributed by atoms with Crippen molar-refractivity contribution in [2.75, 3.05) is 11.9 Å². The fourth-order valence-electron chi connectivity index (χ4n) is 2.57. The molecule has 0 radical (unpaired) electrons. The number of benzene rings is 1. The second-order valence-electron chi connectivity index (χ2n) is 5.04. The molecule has 1 aliphatic heterocycles. The Morgan fingerprint density at radius 1 is 1.53 bits per heavy atom. The van der Waals surface area contributed by atoms with Gasteiger partial charge in [-0.25, -0.2) is 4.98 Å². The van der Waals surface area contributed by atoms with Crippen molar-refractivity contribution in [3.8, 4) is 0 Å². The lowest BCUT2D eigenvalue weighted by molar-refractivity contribution is -0.119. The molecule has 2 heterocycles. The lowest BCUT2D eigenvalue weighted by Crippen LogP contribution is -2.32.